The number of hydrogen-bond acceptors (Lipinski definition) is 3. The van der Waals surface area contributed by atoms with E-state index < -0.39 is 6.10 Å². The van der Waals surface area contributed by atoms with E-state index in [0.29, 0.717) is 32.4 Å². The first-order valence-corrected chi connectivity index (χ1v) is 4.94. The van der Waals surface area contributed by atoms with Crippen LogP contribution in [-0.2, 0) is 9.32 Å². The zero-order valence-corrected chi connectivity index (χ0v) is 9.11. The van der Waals surface area contributed by atoms with Gasteiger partial charge in [-0.2, -0.15) is 0 Å². The van der Waals surface area contributed by atoms with E-state index in [1.54, 1.807) is 0 Å². The number of amides is 1. The molecule has 0 aliphatic carbocycles. The number of aliphatic hydroxyl groups is 1. The third-order valence-electron chi connectivity index (χ3n) is 1.67. The molecule has 13 heavy (non-hydrogen) atoms. The molecule has 2 unspecified atom stereocenters. The maximum atomic E-state index is 11.1. The molecular weight excluding hydrogens is 189 g/mol. The van der Waals surface area contributed by atoms with Gasteiger partial charge in [-0.15, -0.1) is 0 Å². The number of aliphatic hydroxyl groups excluding tert-OH is 1. The summed E-state index contributed by atoms with van der Waals surface area (Å²) < 4.78 is 4.73. The molecule has 0 heterocycles. The van der Waals surface area contributed by atoms with Crippen molar-refractivity contribution >= 4 is 15.4 Å². The summed E-state index contributed by atoms with van der Waals surface area (Å²) in [7, 11) is 2.14. The molecule has 0 aliphatic heterocycles. The number of carbonyl (C=O) groups is 1. The Bertz CT molecular complexity index is 143. The molecule has 2 atom stereocenters. The molecule has 2 N–H and O–H groups in total. The normalized spacial score (nSPS) is 12.5. The first kappa shape index (κ1) is 12.8. The molecule has 78 valence electrons. The molecule has 0 saturated carbocycles. The van der Waals surface area contributed by atoms with Gasteiger partial charge in [-0.3, -0.25) is 4.79 Å². The van der Waals surface area contributed by atoms with Gasteiger partial charge in [0.25, 0.3) is 0 Å². The van der Waals surface area contributed by atoms with Crippen molar-refractivity contribution in [3.8, 4) is 0 Å². The Morgan fingerprint density at radius 2 is 2.38 bits per heavy atom. The monoisotopic (exact) mass is 207 g/mol. The average Bonchev–Trinajstić information content (AvgIpc) is 2.14. The van der Waals surface area contributed by atoms with Crippen LogP contribution in [0, 0.1) is 0 Å². The number of hydrogen-bond donors (Lipinski definition) is 2. The van der Waals surface area contributed by atoms with E-state index in [2.05, 4.69) is 14.8 Å². The van der Waals surface area contributed by atoms with Gasteiger partial charge in [-0.05, 0) is 12.8 Å². The smallest absolute Gasteiger partial charge is 0.220 e. The second-order valence-corrected chi connectivity index (χ2v) is 3.17. The Kier molecular flexibility index (Phi) is 8.30. The summed E-state index contributed by atoms with van der Waals surface area (Å²) in [6.07, 6.45) is 1.39. The van der Waals surface area contributed by atoms with E-state index in [-0.39, 0.29) is 5.91 Å². The molecule has 4 nitrogen and oxygen atoms in total. The molecule has 0 aromatic rings. The highest BCUT2D eigenvalue weighted by molar-refractivity contribution is 7.09. The molecular formula is C8H18NO3P. The van der Waals surface area contributed by atoms with Gasteiger partial charge in [0, 0.05) is 22.4 Å². The highest BCUT2D eigenvalue weighted by atomic mass is 31.0. The van der Waals surface area contributed by atoms with E-state index >= 15 is 0 Å². The minimum atomic E-state index is -0.429. The van der Waals surface area contributed by atoms with E-state index in [0.717, 1.165) is 0 Å². The number of rotatable bonds is 7. The van der Waals surface area contributed by atoms with Gasteiger partial charge in [0.1, 0.15) is 0 Å². The second kappa shape index (κ2) is 8.42. The average molecular weight is 207 g/mol. The third-order valence-corrected chi connectivity index (χ3v) is 1.91. The lowest BCUT2D eigenvalue weighted by atomic mass is 10.2. The van der Waals surface area contributed by atoms with Crippen LogP contribution in [0.1, 0.15) is 26.2 Å². The van der Waals surface area contributed by atoms with Crippen molar-refractivity contribution in [1.82, 2.24) is 5.32 Å². The molecule has 1 amide bonds. The van der Waals surface area contributed by atoms with Gasteiger partial charge in [0.15, 0.2) is 0 Å². The van der Waals surface area contributed by atoms with Crippen molar-refractivity contribution in [2.75, 3.05) is 13.2 Å². The molecule has 0 aliphatic rings. The minimum absolute atomic E-state index is 0.0328. The van der Waals surface area contributed by atoms with Gasteiger partial charge < -0.3 is 14.9 Å². The summed E-state index contributed by atoms with van der Waals surface area (Å²) in [6, 6.07) is 0. The van der Waals surface area contributed by atoms with Crippen molar-refractivity contribution in [2.24, 2.45) is 0 Å². The highest BCUT2D eigenvalue weighted by Gasteiger charge is 2.04. The summed E-state index contributed by atoms with van der Waals surface area (Å²) in [6.45, 7) is 2.78. The summed E-state index contributed by atoms with van der Waals surface area (Å²) in [4.78, 5) is 11.1. The second-order valence-electron chi connectivity index (χ2n) is 2.84. The van der Waals surface area contributed by atoms with Gasteiger partial charge in [0.05, 0.1) is 12.7 Å². The molecule has 0 saturated heterocycles. The zero-order valence-electron chi connectivity index (χ0n) is 7.95. The predicted molar refractivity (Wildman–Crippen MR) is 54.2 cm³/mol. The quantitative estimate of drug-likeness (QED) is 0.471. The Hall–Kier alpha value is -0.180. The van der Waals surface area contributed by atoms with Crippen molar-refractivity contribution < 1.29 is 14.4 Å². The SMILES string of the molecule is CCC(O)CNC(=O)CCCOP. The summed E-state index contributed by atoms with van der Waals surface area (Å²) >= 11 is 0. The van der Waals surface area contributed by atoms with Gasteiger partial charge in [0.2, 0.25) is 5.91 Å². The molecule has 0 radical (unpaired) electrons. The van der Waals surface area contributed by atoms with Crippen molar-refractivity contribution in [3.63, 3.8) is 0 Å². The van der Waals surface area contributed by atoms with Crippen LogP contribution in [-0.4, -0.2) is 30.3 Å². The molecule has 0 aromatic heterocycles. The molecule has 0 aromatic carbocycles. The Balaban J connectivity index is 3.30. The first-order valence-electron chi connectivity index (χ1n) is 4.47. The summed E-state index contributed by atoms with van der Waals surface area (Å²) in [5.41, 5.74) is 0. The fourth-order valence-electron chi connectivity index (χ4n) is 0.780. The Labute approximate surface area is 81.3 Å². The predicted octanol–water partition coefficient (Wildman–Crippen LogP) is 0.460. The minimum Gasteiger partial charge on any atom is -0.391 e. The van der Waals surface area contributed by atoms with Crippen LogP contribution in [0.2, 0.25) is 0 Å². The molecule has 0 rings (SSSR count). The highest BCUT2D eigenvalue weighted by Crippen LogP contribution is 1.94. The first-order chi connectivity index (χ1) is 6.20. The number of nitrogens with one attached hydrogen (secondary N) is 1. The standard InChI is InChI=1S/C8H18NO3P/c1-2-7(10)6-9-8(11)4-3-5-12-13/h7,10H,2-6,13H2,1H3,(H,9,11). The van der Waals surface area contributed by atoms with E-state index in [9.17, 15) is 4.79 Å². The van der Waals surface area contributed by atoms with Crippen LogP contribution >= 0.6 is 9.47 Å². The van der Waals surface area contributed by atoms with Crippen LogP contribution in [0.5, 0.6) is 0 Å². The van der Waals surface area contributed by atoms with Gasteiger partial charge >= 0.3 is 0 Å². The lowest BCUT2D eigenvalue weighted by Crippen LogP contribution is -2.31. The maximum absolute atomic E-state index is 11.1. The van der Waals surface area contributed by atoms with E-state index in [1.165, 1.54) is 0 Å². The Morgan fingerprint density at radius 1 is 1.69 bits per heavy atom. The van der Waals surface area contributed by atoms with Crippen LogP contribution in [0.25, 0.3) is 0 Å². The summed E-state index contributed by atoms with van der Waals surface area (Å²) in [5, 5.41) is 11.8. The molecule has 0 spiro atoms. The largest absolute Gasteiger partial charge is 0.391 e. The van der Waals surface area contributed by atoms with Crippen LogP contribution < -0.4 is 5.32 Å². The number of carbonyl (C=O) groups excluding carboxylic acids is 1. The van der Waals surface area contributed by atoms with E-state index in [4.69, 9.17) is 9.63 Å². The summed E-state index contributed by atoms with van der Waals surface area (Å²) in [5.74, 6) is -0.0328. The topological polar surface area (TPSA) is 58.6 Å². The van der Waals surface area contributed by atoms with Crippen LogP contribution in [0.4, 0.5) is 0 Å². The lowest BCUT2D eigenvalue weighted by molar-refractivity contribution is -0.121. The fourth-order valence-corrected chi connectivity index (χ4v) is 0.947. The molecule has 0 bridgehead atoms. The Morgan fingerprint density at radius 3 is 2.92 bits per heavy atom. The van der Waals surface area contributed by atoms with Crippen molar-refractivity contribution in [2.45, 2.75) is 32.3 Å². The van der Waals surface area contributed by atoms with E-state index in [1.807, 2.05) is 6.92 Å². The molecule has 0 fully saturated rings. The molecule has 5 heteroatoms. The third kappa shape index (κ3) is 8.16. The fraction of sp³-hybridized carbons (Fsp3) is 0.875. The van der Waals surface area contributed by atoms with Gasteiger partial charge in [-0.1, -0.05) is 6.92 Å². The van der Waals surface area contributed by atoms with Crippen LogP contribution in [0.3, 0.4) is 0 Å². The maximum Gasteiger partial charge on any atom is 0.220 e. The van der Waals surface area contributed by atoms with Crippen LogP contribution in [0.15, 0.2) is 0 Å². The van der Waals surface area contributed by atoms with Crippen molar-refractivity contribution in [1.29, 1.82) is 0 Å². The van der Waals surface area contributed by atoms with Gasteiger partial charge in [-0.25, -0.2) is 0 Å². The lowest BCUT2D eigenvalue weighted by Gasteiger charge is -2.08. The zero-order chi connectivity index (χ0) is 10.1. The van der Waals surface area contributed by atoms with Crippen molar-refractivity contribution in [3.05, 3.63) is 0 Å².